The van der Waals surface area contributed by atoms with E-state index in [4.69, 9.17) is 0 Å². The summed E-state index contributed by atoms with van der Waals surface area (Å²) in [7, 11) is 0. The number of Topliss-reactive ketones (excluding diaryl/α,β-unsaturated/α-hetero) is 1. The van der Waals surface area contributed by atoms with Crippen molar-refractivity contribution in [2.45, 2.75) is 26.7 Å². The first-order valence-corrected chi connectivity index (χ1v) is 12.1. The molecule has 2 aliphatic carbocycles. The first kappa shape index (κ1) is 20.3. The van der Waals surface area contributed by atoms with Gasteiger partial charge in [0.25, 0.3) is 0 Å². The number of carbonyl (C=O) groups is 1. The van der Waals surface area contributed by atoms with E-state index in [2.05, 4.69) is 96.5 Å². The number of benzene rings is 3. The highest BCUT2D eigenvalue weighted by atomic mass is 16.1. The molecule has 1 heterocycles. The van der Waals surface area contributed by atoms with Gasteiger partial charge in [-0.2, -0.15) is 0 Å². The van der Waals surface area contributed by atoms with Crippen LogP contribution >= 0.6 is 0 Å². The van der Waals surface area contributed by atoms with E-state index in [0.29, 0.717) is 6.42 Å². The number of anilines is 2. The zero-order chi connectivity index (χ0) is 22.6. The van der Waals surface area contributed by atoms with Crippen molar-refractivity contribution in [3.63, 3.8) is 0 Å². The van der Waals surface area contributed by atoms with Crippen LogP contribution in [0.1, 0.15) is 42.6 Å². The highest BCUT2D eigenvalue weighted by molar-refractivity contribution is 6.16. The molecule has 0 unspecified atom stereocenters. The van der Waals surface area contributed by atoms with E-state index in [0.717, 1.165) is 54.5 Å². The van der Waals surface area contributed by atoms with Crippen LogP contribution in [0.3, 0.4) is 0 Å². The predicted octanol–water partition coefficient (Wildman–Crippen LogP) is 6.49. The van der Waals surface area contributed by atoms with Crippen molar-refractivity contribution in [3.05, 3.63) is 89.5 Å². The number of ketones is 1. The van der Waals surface area contributed by atoms with Crippen LogP contribution in [-0.2, 0) is 0 Å². The summed E-state index contributed by atoms with van der Waals surface area (Å²) in [5.74, 6) is 0.266. The number of fused-ring (bicyclic) bond motifs is 4. The maximum atomic E-state index is 13.3. The molecule has 0 N–H and O–H groups in total. The Balaban J connectivity index is 1.31. The molecule has 1 fully saturated rings. The maximum Gasteiger partial charge on any atom is 0.168 e. The molecule has 0 aromatic heterocycles. The highest BCUT2D eigenvalue weighted by Crippen LogP contribution is 2.47. The summed E-state index contributed by atoms with van der Waals surface area (Å²) in [5.41, 5.74) is 7.19. The molecule has 166 valence electrons. The van der Waals surface area contributed by atoms with Crippen LogP contribution < -0.4 is 9.80 Å². The third-order valence-electron chi connectivity index (χ3n) is 7.73. The lowest BCUT2D eigenvalue weighted by Gasteiger charge is -2.37. The number of nitrogens with zero attached hydrogens (tertiary/aromatic N) is 2. The van der Waals surface area contributed by atoms with E-state index in [1.165, 1.54) is 22.5 Å². The molecule has 0 amide bonds. The molecule has 0 radical (unpaired) electrons. The predicted molar refractivity (Wildman–Crippen MR) is 138 cm³/mol. The van der Waals surface area contributed by atoms with Crippen molar-refractivity contribution in [2.75, 3.05) is 36.0 Å². The first-order valence-electron chi connectivity index (χ1n) is 12.1. The fraction of sp³-hybridized carbons (Fsp3) is 0.300. The number of rotatable bonds is 2. The average Bonchev–Trinajstić information content (AvgIpc) is 2.84. The van der Waals surface area contributed by atoms with E-state index in [1.54, 1.807) is 0 Å². The van der Waals surface area contributed by atoms with Gasteiger partial charge in [0, 0.05) is 49.5 Å². The molecule has 1 aliphatic heterocycles. The fourth-order valence-corrected chi connectivity index (χ4v) is 5.80. The van der Waals surface area contributed by atoms with E-state index >= 15 is 0 Å². The Morgan fingerprint density at radius 1 is 0.818 bits per heavy atom. The smallest absolute Gasteiger partial charge is 0.168 e. The van der Waals surface area contributed by atoms with Gasteiger partial charge in [-0.3, -0.25) is 4.79 Å². The molecule has 0 saturated carbocycles. The summed E-state index contributed by atoms with van der Waals surface area (Å²) in [6.45, 7) is 8.55. The molecule has 0 bridgehead atoms. The van der Waals surface area contributed by atoms with Crippen LogP contribution in [-0.4, -0.2) is 32.0 Å². The van der Waals surface area contributed by atoms with Crippen LogP contribution in [0.4, 0.5) is 11.4 Å². The molecule has 3 aromatic carbocycles. The van der Waals surface area contributed by atoms with Crippen molar-refractivity contribution in [1.29, 1.82) is 0 Å². The number of hydrogen-bond acceptors (Lipinski definition) is 3. The topological polar surface area (TPSA) is 23.6 Å². The minimum atomic E-state index is 0.0537. The second-order valence-corrected chi connectivity index (χ2v) is 10.2. The SMILES string of the molecule is CC1(C)CC=CC2=C1CC(=O)c1c2ccc2cc(N3CCN(c4ccccc4)CC3)ccc12. The van der Waals surface area contributed by atoms with Crippen molar-refractivity contribution in [1.82, 2.24) is 0 Å². The van der Waals surface area contributed by atoms with Gasteiger partial charge < -0.3 is 9.80 Å². The molecular formula is C30H30N2O. The van der Waals surface area contributed by atoms with Crippen LogP contribution in [0, 0.1) is 5.41 Å². The van der Waals surface area contributed by atoms with Gasteiger partial charge in [0.2, 0.25) is 0 Å². The Hall–Kier alpha value is -3.33. The van der Waals surface area contributed by atoms with E-state index in [-0.39, 0.29) is 11.2 Å². The zero-order valence-corrected chi connectivity index (χ0v) is 19.5. The molecule has 0 atom stereocenters. The number of piperazine rings is 1. The monoisotopic (exact) mass is 434 g/mol. The van der Waals surface area contributed by atoms with Gasteiger partial charge in [0.1, 0.15) is 0 Å². The second kappa shape index (κ2) is 7.62. The van der Waals surface area contributed by atoms with Crippen LogP contribution in [0.2, 0.25) is 0 Å². The van der Waals surface area contributed by atoms with Gasteiger partial charge in [-0.25, -0.2) is 0 Å². The quantitative estimate of drug-likeness (QED) is 0.460. The minimum Gasteiger partial charge on any atom is -0.368 e. The lowest BCUT2D eigenvalue weighted by molar-refractivity contribution is 0.0985. The number of para-hydroxylation sites is 1. The standard InChI is InChI=1S/C30H30N2O/c1-30(2)14-6-9-25-26-12-10-21-19-23(11-13-24(21)29(26)28(33)20-27(25)30)32-17-15-31(16-18-32)22-7-4-3-5-8-22/h3-13,19H,14-18,20H2,1-2H3. The van der Waals surface area contributed by atoms with Crippen LogP contribution in [0.25, 0.3) is 16.3 Å². The van der Waals surface area contributed by atoms with E-state index < -0.39 is 0 Å². The summed E-state index contributed by atoms with van der Waals surface area (Å²) in [6, 6.07) is 21.7. The molecule has 3 nitrogen and oxygen atoms in total. The molecule has 3 heteroatoms. The molecule has 33 heavy (non-hydrogen) atoms. The molecule has 3 aliphatic rings. The average molecular weight is 435 g/mol. The lowest BCUT2D eigenvalue weighted by atomic mass is 9.68. The zero-order valence-electron chi connectivity index (χ0n) is 19.5. The van der Waals surface area contributed by atoms with Gasteiger partial charge in [0.05, 0.1) is 0 Å². The third kappa shape index (κ3) is 3.38. The first-order chi connectivity index (χ1) is 16.0. The summed E-state index contributed by atoms with van der Waals surface area (Å²) in [4.78, 5) is 18.2. The molecule has 0 spiro atoms. The molecule has 3 aromatic rings. The third-order valence-corrected chi connectivity index (χ3v) is 7.73. The van der Waals surface area contributed by atoms with Crippen LogP contribution in [0.15, 0.2) is 78.4 Å². The Labute approximate surface area is 196 Å². The van der Waals surface area contributed by atoms with Crippen LogP contribution in [0.5, 0.6) is 0 Å². The summed E-state index contributed by atoms with van der Waals surface area (Å²) in [5, 5.41) is 2.25. The van der Waals surface area contributed by atoms with Gasteiger partial charge in [-0.05, 0) is 63.6 Å². The largest absolute Gasteiger partial charge is 0.368 e. The Morgan fingerprint density at radius 3 is 2.30 bits per heavy atom. The molecule has 6 rings (SSSR count). The summed E-state index contributed by atoms with van der Waals surface area (Å²) < 4.78 is 0. The number of allylic oxidation sites excluding steroid dienone is 4. The highest BCUT2D eigenvalue weighted by Gasteiger charge is 2.35. The van der Waals surface area contributed by atoms with Crippen molar-refractivity contribution < 1.29 is 4.79 Å². The maximum absolute atomic E-state index is 13.3. The number of carbonyl (C=O) groups excluding carboxylic acids is 1. The number of hydrogen-bond donors (Lipinski definition) is 0. The van der Waals surface area contributed by atoms with Crippen molar-refractivity contribution in [2.24, 2.45) is 5.41 Å². The van der Waals surface area contributed by atoms with Gasteiger partial charge in [0.15, 0.2) is 5.78 Å². The van der Waals surface area contributed by atoms with Gasteiger partial charge in [-0.1, -0.05) is 62.4 Å². The second-order valence-electron chi connectivity index (χ2n) is 10.2. The molecular weight excluding hydrogens is 404 g/mol. The van der Waals surface area contributed by atoms with Gasteiger partial charge >= 0.3 is 0 Å². The van der Waals surface area contributed by atoms with Gasteiger partial charge in [-0.15, -0.1) is 0 Å². The van der Waals surface area contributed by atoms with Crippen molar-refractivity contribution >= 4 is 33.5 Å². The van der Waals surface area contributed by atoms with Crippen molar-refractivity contribution in [3.8, 4) is 0 Å². The Bertz CT molecular complexity index is 1310. The lowest BCUT2D eigenvalue weighted by Crippen LogP contribution is -2.46. The minimum absolute atomic E-state index is 0.0537. The summed E-state index contributed by atoms with van der Waals surface area (Å²) in [6.07, 6.45) is 6.05. The Kier molecular flexibility index (Phi) is 4.69. The van der Waals surface area contributed by atoms with E-state index in [9.17, 15) is 4.79 Å². The summed E-state index contributed by atoms with van der Waals surface area (Å²) >= 11 is 0. The molecule has 1 saturated heterocycles. The fourth-order valence-electron chi connectivity index (χ4n) is 5.80. The Morgan fingerprint density at radius 2 is 1.55 bits per heavy atom. The normalized spacial score (nSPS) is 19.6. The van der Waals surface area contributed by atoms with E-state index in [1.807, 2.05) is 0 Å².